The number of benzene rings is 1. The van der Waals surface area contributed by atoms with Crippen molar-refractivity contribution in [1.82, 2.24) is 20.3 Å². The van der Waals surface area contributed by atoms with E-state index < -0.39 is 0 Å². The number of guanidine groups is 1. The Morgan fingerprint density at radius 2 is 1.85 bits per heavy atom. The minimum absolute atomic E-state index is 0.852. The smallest absolute Gasteiger partial charge is 0.193 e. The van der Waals surface area contributed by atoms with Crippen LogP contribution in [0.3, 0.4) is 0 Å². The van der Waals surface area contributed by atoms with E-state index in [2.05, 4.69) is 56.5 Å². The molecule has 0 aliphatic carbocycles. The molecule has 0 atom stereocenters. The van der Waals surface area contributed by atoms with E-state index in [4.69, 9.17) is 4.52 Å². The first-order valence-electron chi connectivity index (χ1n) is 9.86. The highest BCUT2D eigenvalue weighted by Crippen LogP contribution is 2.09. The Bertz CT molecular complexity index is 729. The van der Waals surface area contributed by atoms with Gasteiger partial charge < -0.3 is 14.7 Å². The molecule has 0 spiro atoms. The van der Waals surface area contributed by atoms with Gasteiger partial charge in [0.05, 0.1) is 5.69 Å². The van der Waals surface area contributed by atoms with E-state index in [1.165, 1.54) is 11.1 Å². The Kier molecular flexibility index (Phi) is 6.87. The van der Waals surface area contributed by atoms with Crippen LogP contribution in [0.25, 0.3) is 0 Å². The van der Waals surface area contributed by atoms with Gasteiger partial charge >= 0.3 is 0 Å². The van der Waals surface area contributed by atoms with Gasteiger partial charge in [0.1, 0.15) is 5.76 Å². The summed E-state index contributed by atoms with van der Waals surface area (Å²) in [5.74, 6) is 1.87. The number of nitrogens with one attached hydrogen (secondary N) is 1. The fraction of sp³-hybridized carbons (Fsp3) is 0.524. The van der Waals surface area contributed by atoms with Gasteiger partial charge in [-0.15, -0.1) is 0 Å². The molecule has 1 aromatic carbocycles. The van der Waals surface area contributed by atoms with Crippen LogP contribution in [0, 0.1) is 6.92 Å². The van der Waals surface area contributed by atoms with Crippen LogP contribution in [0.5, 0.6) is 0 Å². The summed E-state index contributed by atoms with van der Waals surface area (Å²) in [5.41, 5.74) is 3.77. The van der Waals surface area contributed by atoms with Gasteiger partial charge in [0.25, 0.3) is 0 Å². The molecule has 0 saturated carbocycles. The van der Waals surface area contributed by atoms with Crippen LogP contribution in [0.1, 0.15) is 29.5 Å². The fourth-order valence-corrected chi connectivity index (χ4v) is 3.43. The molecule has 6 nitrogen and oxygen atoms in total. The van der Waals surface area contributed by atoms with Gasteiger partial charge in [-0.05, 0) is 30.9 Å². The van der Waals surface area contributed by atoms with E-state index in [0.29, 0.717) is 0 Å². The van der Waals surface area contributed by atoms with Gasteiger partial charge in [-0.3, -0.25) is 9.89 Å². The average Bonchev–Trinajstić information content (AvgIpc) is 3.11. The van der Waals surface area contributed by atoms with Crippen LogP contribution in [-0.2, 0) is 19.4 Å². The Balaban J connectivity index is 1.41. The number of hydrogen-bond acceptors (Lipinski definition) is 4. The molecule has 1 aliphatic heterocycles. The van der Waals surface area contributed by atoms with Crippen molar-refractivity contribution in [2.45, 2.75) is 33.2 Å². The lowest BCUT2D eigenvalue weighted by Crippen LogP contribution is -2.52. The minimum atomic E-state index is 0.852. The van der Waals surface area contributed by atoms with Gasteiger partial charge in [0.2, 0.25) is 0 Å². The third-order valence-electron chi connectivity index (χ3n) is 5.07. The summed E-state index contributed by atoms with van der Waals surface area (Å²) in [4.78, 5) is 9.22. The van der Waals surface area contributed by atoms with E-state index in [9.17, 15) is 0 Å². The zero-order valence-corrected chi connectivity index (χ0v) is 16.7. The maximum atomic E-state index is 5.16. The summed E-state index contributed by atoms with van der Waals surface area (Å²) in [6.07, 6.45) is 2.10. The van der Waals surface area contributed by atoms with Crippen LogP contribution in [0.15, 0.2) is 39.8 Å². The fourth-order valence-electron chi connectivity index (χ4n) is 3.43. The second kappa shape index (κ2) is 9.55. The maximum absolute atomic E-state index is 5.16. The lowest BCUT2D eigenvalue weighted by Gasteiger charge is -2.36. The number of aliphatic imine (C=N–C) groups is 1. The van der Waals surface area contributed by atoms with Crippen molar-refractivity contribution in [2.24, 2.45) is 4.99 Å². The molecule has 1 N–H and O–H groups in total. The number of nitrogens with zero attached hydrogens (tertiary/aromatic N) is 4. The predicted molar refractivity (Wildman–Crippen MR) is 109 cm³/mol. The molecule has 0 unspecified atom stereocenters. The lowest BCUT2D eigenvalue weighted by atomic mass is 10.1. The van der Waals surface area contributed by atoms with Gasteiger partial charge in [-0.2, -0.15) is 0 Å². The largest absolute Gasteiger partial charge is 0.361 e. The molecule has 0 amide bonds. The van der Waals surface area contributed by atoms with Crippen LogP contribution in [0.4, 0.5) is 0 Å². The van der Waals surface area contributed by atoms with E-state index in [0.717, 1.165) is 69.5 Å². The minimum Gasteiger partial charge on any atom is -0.361 e. The second-order valence-electron chi connectivity index (χ2n) is 7.09. The van der Waals surface area contributed by atoms with E-state index in [-0.39, 0.29) is 0 Å². The van der Waals surface area contributed by atoms with Crippen LogP contribution in [0.2, 0.25) is 0 Å². The highest BCUT2D eigenvalue weighted by atomic mass is 16.5. The molecule has 3 rings (SSSR count). The van der Waals surface area contributed by atoms with Crippen molar-refractivity contribution >= 4 is 5.96 Å². The van der Waals surface area contributed by atoms with Crippen molar-refractivity contribution < 1.29 is 4.52 Å². The molecule has 6 heteroatoms. The standard InChI is InChI=1S/C21H31N5O/c1-4-18-5-7-19(8-6-18)9-10-23-21(22-3)26-13-11-25(12-14-26)16-20-15-17(2)27-24-20/h5-8,15H,4,9-14,16H2,1-3H3,(H,22,23). The number of hydrogen-bond donors (Lipinski definition) is 1. The van der Waals surface area contributed by atoms with Gasteiger partial charge in [0, 0.05) is 52.4 Å². The summed E-state index contributed by atoms with van der Waals surface area (Å²) in [7, 11) is 1.86. The summed E-state index contributed by atoms with van der Waals surface area (Å²) >= 11 is 0. The molecule has 1 fully saturated rings. The van der Waals surface area contributed by atoms with E-state index in [1.807, 2.05) is 20.0 Å². The summed E-state index contributed by atoms with van der Waals surface area (Å²) < 4.78 is 5.16. The Morgan fingerprint density at radius 1 is 1.15 bits per heavy atom. The van der Waals surface area contributed by atoms with Crippen LogP contribution < -0.4 is 5.32 Å². The zero-order chi connectivity index (χ0) is 19.1. The molecule has 2 aromatic rings. The van der Waals surface area contributed by atoms with E-state index in [1.54, 1.807) is 0 Å². The predicted octanol–water partition coefficient (Wildman–Crippen LogP) is 2.48. The summed E-state index contributed by atoms with van der Waals surface area (Å²) in [6, 6.07) is 10.9. The monoisotopic (exact) mass is 369 g/mol. The Hall–Kier alpha value is -2.34. The third kappa shape index (κ3) is 5.57. The zero-order valence-electron chi connectivity index (χ0n) is 16.7. The van der Waals surface area contributed by atoms with Crippen molar-refractivity contribution in [3.05, 3.63) is 52.9 Å². The molecule has 27 heavy (non-hydrogen) atoms. The molecule has 0 bridgehead atoms. The highest BCUT2D eigenvalue weighted by molar-refractivity contribution is 5.80. The quantitative estimate of drug-likeness (QED) is 0.626. The topological polar surface area (TPSA) is 56.9 Å². The van der Waals surface area contributed by atoms with E-state index >= 15 is 0 Å². The van der Waals surface area contributed by atoms with Crippen molar-refractivity contribution in [3.8, 4) is 0 Å². The number of aromatic nitrogens is 1. The first-order chi connectivity index (χ1) is 13.2. The molecule has 0 radical (unpaired) electrons. The third-order valence-corrected chi connectivity index (χ3v) is 5.07. The summed E-state index contributed by atoms with van der Waals surface area (Å²) in [5, 5.41) is 7.61. The maximum Gasteiger partial charge on any atom is 0.193 e. The number of rotatable bonds is 6. The Labute approximate surface area is 162 Å². The molecule has 146 valence electrons. The van der Waals surface area contributed by atoms with Crippen molar-refractivity contribution in [1.29, 1.82) is 0 Å². The SMILES string of the molecule is CCc1ccc(CCNC(=NC)N2CCN(Cc3cc(C)on3)CC2)cc1. The van der Waals surface area contributed by atoms with Crippen LogP contribution >= 0.6 is 0 Å². The van der Waals surface area contributed by atoms with Crippen molar-refractivity contribution in [3.63, 3.8) is 0 Å². The van der Waals surface area contributed by atoms with Gasteiger partial charge in [-0.1, -0.05) is 36.3 Å². The molecular formula is C21H31N5O. The number of piperazine rings is 1. The highest BCUT2D eigenvalue weighted by Gasteiger charge is 2.20. The average molecular weight is 370 g/mol. The van der Waals surface area contributed by atoms with Crippen LogP contribution in [-0.4, -0.2) is 60.7 Å². The molecular weight excluding hydrogens is 338 g/mol. The lowest BCUT2D eigenvalue weighted by molar-refractivity contribution is 0.169. The normalized spacial score (nSPS) is 16.0. The molecule has 1 aromatic heterocycles. The first kappa shape index (κ1) is 19.4. The van der Waals surface area contributed by atoms with Gasteiger partial charge in [0.15, 0.2) is 5.96 Å². The molecule has 2 heterocycles. The van der Waals surface area contributed by atoms with Gasteiger partial charge in [-0.25, -0.2) is 0 Å². The molecule has 1 saturated heterocycles. The summed E-state index contributed by atoms with van der Waals surface area (Å²) in [6.45, 7) is 9.83. The van der Waals surface area contributed by atoms with Crippen molar-refractivity contribution in [2.75, 3.05) is 39.8 Å². The first-order valence-corrected chi connectivity index (χ1v) is 9.86. The number of aryl methyl sites for hydroxylation is 2. The molecule has 1 aliphatic rings. The second-order valence-corrected chi connectivity index (χ2v) is 7.09. The Morgan fingerprint density at radius 3 is 2.44 bits per heavy atom.